The Morgan fingerprint density at radius 3 is 2.29 bits per heavy atom. The smallest absolute Gasteiger partial charge is 0.349 e. The second-order valence-corrected chi connectivity index (χ2v) is 26.5. The van der Waals surface area contributed by atoms with Crippen LogP contribution in [-0.4, -0.2) is 144 Å². The molecule has 4 aromatic rings. The number of aliphatic hydroxyl groups excluding tert-OH is 3. The van der Waals surface area contributed by atoms with Crippen LogP contribution in [0.2, 0.25) is 0 Å². The number of epoxide rings is 1. The standard InChI is InChI=1S/C25H34O6.C19H24N2O4.C19H22NO4S2/c1-4-5-21-30-20-11-17-16-7-6-14-10-15(27)8-9-23(14,2)22(16)18(28)12-24(17,3)25(20,31-21)19(29)13-26;1-13(9-14-3-6-16(25-2)7-4-14)20-11-19(24)15-5-8-18(23)17(10-15)21-12-22;1-20(2)12-9-11(10-13(20)17-16(12)24-17)23-18(21)19(22,14-5-3-7-25-14)15-6-4-8-26-15/h8-10,16-18,20-22,26,28H,4-7,11-13H2,1-3H3;3-8,10,12-13,19-20,23-24H,9,11H2,1-2H3,(H,21,22);3-8,11-13,16-17,22H,9-10H2,1-2H3/q;;+1/p-1/t16-,17-,18-,20+,21?,22+,23-,24-,25+;13-,19+;11?,12-,13+,16-,17+/m01./s1. The fourth-order valence-corrected chi connectivity index (χ4v) is 17.2. The van der Waals surface area contributed by atoms with E-state index in [-0.39, 0.29) is 58.3 Å². The molecule has 7 fully saturated rings. The predicted molar refractivity (Wildman–Crippen MR) is 307 cm³/mol. The number of carbonyl (C=O) groups is 4. The minimum Gasteiger partial charge on any atom is -0.871 e. The third-order valence-electron chi connectivity index (χ3n) is 19.7. The zero-order valence-corrected chi connectivity index (χ0v) is 49.4. The molecule has 4 aliphatic carbocycles. The van der Waals surface area contributed by atoms with Crippen LogP contribution in [-0.2, 0) is 50.1 Å². The van der Waals surface area contributed by atoms with E-state index < -0.39 is 53.8 Å². The number of nitrogens with one attached hydrogen (secondary N) is 2. The van der Waals surface area contributed by atoms with E-state index in [2.05, 4.69) is 45.5 Å². The second-order valence-electron chi connectivity index (χ2n) is 24.6. The van der Waals surface area contributed by atoms with E-state index in [0.717, 1.165) is 54.3 Å². The molecule has 17 nitrogen and oxygen atoms in total. The molecule has 6 heterocycles. The second kappa shape index (κ2) is 23.7. The van der Waals surface area contributed by atoms with E-state index in [0.29, 0.717) is 71.8 Å². The molecule has 2 unspecified atom stereocenters. The van der Waals surface area contributed by atoms with Crippen molar-refractivity contribution < 1.29 is 72.9 Å². The fraction of sp³-hybridized carbons (Fsp3) is 0.556. The number of allylic oxidation sites excluding steroid dienone is 4. The maximum atomic E-state index is 13.2. The van der Waals surface area contributed by atoms with E-state index in [1.165, 1.54) is 40.4 Å². The van der Waals surface area contributed by atoms with Crippen LogP contribution >= 0.6 is 22.7 Å². The summed E-state index contributed by atoms with van der Waals surface area (Å²) in [5.74, 6) is -0.00143. The van der Waals surface area contributed by atoms with Crippen LogP contribution < -0.4 is 20.5 Å². The minimum atomic E-state index is -1.72. The number of ketones is 2. The number of nitrogens with zero attached hydrogens (tertiary/aromatic N) is 1. The monoisotopic (exact) mass is 1170 g/mol. The summed E-state index contributed by atoms with van der Waals surface area (Å²) in [6, 6.07) is 20.4. The number of likely N-dealkylation sites (N-methyl/N-ethyl adjacent to an activating group) is 1. The number of quaternary nitrogens is 1. The zero-order valence-electron chi connectivity index (χ0n) is 47.7. The summed E-state index contributed by atoms with van der Waals surface area (Å²) < 4.78 is 30.4. The average Bonchev–Trinajstić information content (AvgIpc) is 1.99. The number of anilines is 1. The number of ether oxygens (including phenoxy) is 5. The molecule has 2 bridgehead atoms. The number of piperidine rings is 1. The van der Waals surface area contributed by atoms with Crippen LogP contribution in [0.25, 0.3) is 0 Å². The molecular formula is C63H79N3O14S2. The van der Waals surface area contributed by atoms with E-state index in [1.807, 2.05) is 60.2 Å². The van der Waals surface area contributed by atoms with Gasteiger partial charge in [0.05, 0.1) is 49.3 Å². The van der Waals surface area contributed by atoms with Gasteiger partial charge in [-0.1, -0.05) is 81.0 Å². The maximum absolute atomic E-state index is 13.2. The summed E-state index contributed by atoms with van der Waals surface area (Å²) in [6.07, 6.45) is 10.9. The molecule has 6 N–H and O–H groups in total. The highest BCUT2D eigenvalue weighted by atomic mass is 32.1. The summed E-state index contributed by atoms with van der Waals surface area (Å²) in [6.45, 7) is 8.06. The number of Topliss-reactive ketones (excluding diaryl/α,β-unsaturated/α-hetero) is 1. The number of esters is 1. The Labute approximate surface area is 487 Å². The van der Waals surface area contributed by atoms with Gasteiger partial charge in [0.25, 0.3) is 0 Å². The normalized spacial score (nSPS) is 33.9. The molecule has 2 aromatic carbocycles. The van der Waals surface area contributed by atoms with Crippen molar-refractivity contribution in [1.29, 1.82) is 0 Å². The molecule has 2 aromatic heterocycles. The molecule has 12 rings (SSSR count). The summed E-state index contributed by atoms with van der Waals surface area (Å²) in [4.78, 5) is 50.0. The van der Waals surface area contributed by atoms with E-state index >= 15 is 0 Å². The lowest BCUT2D eigenvalue weighted by atomic mass is 9.46. The van der Waals surface area contributed by atoms with Gasteiger partial charge in [-0.05, 0) is 122 Å². The summed E-state index contributed by atoms with van der Waals surface area (Å²) >= 11 is 2.74. The minimum absolute atomic E-state index is 0.0125. The number of rotatable bonds is 17. The summed E-state index contributed by atoms with van der Waals surface area (Å²) in [5, 5.41) is 64.0. The van der Waals surface area contributed by atoms with Crippen molar-refractivity contribution in [3.63, 3.8) is 0 Å². The Morgan fingerprint density at radius 1 is 1.00 bits per heavy atom. The van der Waals surface area contributed by atoms with Gasteiger partial charge in [0.1, 0.15) is 42.8 Å². The number of hydrogen-bond donors (Lipinski definition) is 6. The number of amides is 1. The van der Waals surface area contributed by atoms with Crippen LogP contribution in [0, 0.1) is 28.6 Å². The Morgan fingerprint density at radius 2 is 1.68 bits per heavy atom. The SMILES string of the molecule is CCCC1O[C@@H]2C[C@H]3[C@@H]4CCC5=CC(=O)C=C[C@]5(C)[C@H]4[C@@H](O)C[C@]3(C)[C@]2(C(=O)CO)O1.COc1ccc(C[C@@H](C)NC[C@H](O)c2ccc([O-])c(NC=O)c2)cc1.C[N+]1(C)[C@@H]2CC(OC(=O)C(O)(c3cccs3)c3cccs3)C[C@H]1[C@@H]1O[C@@H]12. The number of benzene rings is 2. The van der Waals surface area contributed by atoms with Crippen LogP contribution in [0.15, 0.2) is 101 Å². The number of aliphatic hydroxyl groups is 4. The predicted octanol–water partition coefficient (Wildman–Crippen LogP) is 6.65. The topological polar surface area (TPSA) is 246 Å². The van der Waals surface area contributed by atoms with Crippen molar-refractivity contribution in [2.45, 2.75) is 158 Å². The van der Waals surface area contributed by atoms with Crippen LogP contribution in [0.1, 0.15) is 106 Å². The number of morpholine rings is 1. The van der Waals surface area contributed by atoms with Gasteiger partial charge >= 0.3 is 5.97 Å². The van der Waals surface area contributed by atoms with E-state index in [1.54, 1.807) is 37.5 Å². The molecule has 4 saturated heterocycles. The van der Waals surface area contributed by atoms with Crippen LogP contribution in [0.3, 0.4) is 0 Å². The lowest BCUT2D eigenvalue weighted by Gasteiger charge is -2.59. The molecule has 1 amide bonds. The van der Waals surface area contributed by atoms with Gasteiger partial charge in [0.15, 0.2) is 23.5 Å². The molecule has 82 heavy (non-hydrogen) atoms. The Bertz CT molecular complexity index is 2950. The average molecular weight is 1170 g/mol. The van der Waals surface area contributed by atoms with Crippen molar-refractivity contribution in [1.82, 2.24) is 5.32 Å². The highest BCUT2D eigenvalue weighted by molar-refractivity contribution is 7.12. The van der Waals surface area contributed by atoms with Crippen molar-refractivity contribution >= 4 is 52.3 Å². The number of thiophene rings is 2. The fourth-order valence-electron chi connectivity index (χ4n) is 15.5. The molecule has 3 saturated carbocycles. The quantitative estimate of drug-likeness (QED) is 0.0280. The Balaban J connectivity index is 0.000000139. The highest BCUT2D eigenvalue weighted by Gasteiger charge is 2.76. The molecule has 0 spiro atoms. The number of fused-ring (bicyclic) bond motifs is 12. The van der Waals surface area contributed by atoms with E-state index in [4.69, 9.17) is 23.7 Å². The molecule has 16 atom stereocenters. The molecule has 8 aliphatic rings. The van der Waals surface area contributed by atoms with Gasteiger partial charge in [-0.2, -0.15) is 0 Å². The number of carbonyl (C=O) groups excluding carboxylic acids is 4. The van der Waals surface area contributed by atoms with Gasteiger partial charge in [-0.15, -0.1) is 22.7 Å². The van der Waals surface area contributed by atoms with Gasteiger partial charge in [-0.25, -0.2) is 4.79 Å². The number of methoxy groups -OCH3 is 1. The van der Waals surface area contributed by atoms with Gasteiger partial charge in [0.2, 0.25) is 12.0 Å². The Kier molecular flexibility index (Phi) is 17.3. The first-order valence-electron chi connectivity index (χ1n) is 28.8. The maximum Gasteiger partial charge on any atom is 0.349 e. The molecule has 442 valence electrons. The van der Waals surface area contributed by atoms with Gasteiger partial charge < -0.3 is 64.3 Å². The van der Waals surface area contributed by atoms with Crippen molar-refractivity contribution in [2.24, 2.45) is 28.6 Å². The van der Waals surface area contributed by atoms with Crippen molar-refractivity contribution in [3.05, 3.63) is 122 Å². The zero-order chi connectivity index (χ0) is 58.5. The van der Waals surface area contributed by atoms with Crippen molar-refractivity contribution in [3.8, 4) is 11.5 Å². The summed E-state index contributed by atoms with van der Waals surface area (Å²) in [5.41, 5.74) is -0.855. The van der Waals surface area contributed by atoms with Gasteiger partial charge in [0, 0.05) is 47.9 Å². The van der Waals surface area contributed by atoms with Crippen LogP contribution in [0.4, 0.5) is 5.69 Å². The Hall–Kier alpha value is -5.16. The largest absolute Gasteiger partial charge is 0.871 e. The lowest BCUT2D eigenvalue weighted by molar-refractivity contribution is -0.938. The molecule has 19 heteroatoms. The van der Waals surface area contributed by atoms with Crippen LogP contribution in [0.5, 0.6) is 11.5 Å². The summed E-state index contributed by atoms with van der Waals surface area (Å²) in [7, 11) is 6.13. The third kappa shape index (κ3) is 10.7. The molecular weight excluding hydrogens is 1090 g/mol. The first-order chi connectivity index (χ1) is 39.2. The lowest BCUT2D eigenvalue weighted by Crippen LogP contribution is -2.63. The number of hydrogen-bond acceptors (Lipinski definition) is 17. The van der Waals surface area contributed by atoms with E-state index in [9.17, 15) is 44.7 Å². The molecule has 4 aliphatic heterocycles. The van der Waals surface area contributed by atoms with Crippen molar-refractivity contribution in [2.75, 3.05) is 39.7 Å². The molecule has 0 radical (unpaired) electrons. The third-order valence-corrected chi connectivity index (χ3v) is 21.7. The first-order valence-corrected chi connectivity index (χ1v) is 30.6. The first kappa shape index (κ1) is 60.0. The van der Waals surface area contributed by atoms with Gasteiger partial charge in [-0.3, -0.25) is 14.4 Å². The highest BCUT2D eigenvalue weighted by Crippen LogP contribution is 2.70.